The molecule has 0 heterocycles. The lowest BCUT2D eigenvalue weighted by Crippen LogP contribution is -2.30. The van der Waals surface area contributed by atoms with Crippen molar-refractivity contribution in [2.24, 2.45) is 0 Å². The number of aliphatic hydroxyl groups excluding tert-OH is 2. The molecule has 0 radical (unpaired) electrons. The van der Waals surface area contributed by atoms with Gasteiger partial charge in [0.15, 0.2) is 6.10 Å². The largest absolute Gasteiger partial charge is 0.472 e. The van der Waals surface area contributed by atoms with Gasteiger partial charge in [-0.2, -0.15) is 0 Å². The van der Waals surface area contributed by atoms with E-state index in [0.29, 0.717) is 25.7 Å². The van der Waals surface area contributed by atoms with Gasteiger partial charge in [-0.3, -0.25) is 32.5 Å². The van der Waals surface area contributed by atoms with Crippen LogP contribution in [0.5, 0.6) is 0 Å². The molecule has 0 fully saturated rings. The Kier molecular flexibility index (Phi) is 56.3. The maximum absolute atomic E-state index is 12.9. The minimum Gasteiger partial charge on any atom is -0.463 e. The third kappa shape index (κ3) is 60.0. The topological polar surface area (TPSA) is 231 Å². The summed E-state index contributed by atoms with van der Waals surface area (Å²) in [6, 6.07) is 0. The van der Waals surface area contributed by atoms with E-state index in [4.69, 9.17) is 32.3 Å². The number of hydrogen-bond acceptors (Lipinski definition) is 14. The van der Waals surface area contributed by atoms with Crippen molar-refractivity contribution < 1.29 is 75.8 Å². The summed E-state index contributed by atoms with van der Waals surface area (Å²) in [6.45, 7) is 2.41. The van der Waals surface area contributed by atoms with Crippen LogP contribution in [-0.2, 0) is 55.8 Å². The van der Waals surface area contributed by atoms with Gasteiger partial charge in [-0.05, 0) is 89.9 Å². The number of allylic oxidation sites excluding steroid dienone is 16. The predicted molar refractivity (Wildman–Crippen MR) is 334 cm³/mol. The van der Waals surface area contributed by atoms with Gasteiger partial charge < -0.3 is 34.2 Å². The van der Waals surface area contributed by atoms with Crippen molar-refractivity contribution in [1.29, 1.82) is 0 Å². The third-order valence-electron chi connectivity index (χ3n) is 12.8. The van der Waals surface area contributed by atoms with Crippen LogP contribution >= 0.6 is 15.6 Å². The highest BCUT2D eigenvalue weighted by atomic mass is 31.2. The number of phosphoric ester groups is 2. The standard InChI is InChI=1S/C65H112O16P2/c1-4-7-10-13-16-19-22-25-27-28-29-30-32-35-36-39-42-45-48-51-63(68)75-54-60(66)55-77-82(71,72)78-56-61(67)57-79-83(73,74)80-59-62(81-65(70)53-50-47-44-41-38-33-24-21-18-15-12-9-6-3)58-76-64(69)52-49-46-43-40-37-34-31-26-23-20-17-14-11-8-5-2/h7,10,16-17,19-20,25-27,29-31,35-36,42,45,60-62,66-67H,4-6,8-9,11-15,18,21-24,28,32-34,37-41,43-44,46-59H2,1-3H3,(H,71,72)(H,73,74)/b10-7-,19-16-,20-17-,27-25-,30-29-,31-26-,36-35-,45-42-. The summed E-state index contributed by atoms with van der Waals surface area (Å²) in [5, 5.41) is 20.5. The Bertz CT molecular complexity index is 1910. The van der Waals surface area contributed by atoms with Crippen LogP contribution in [0.4, 0.5) is 0 Å². The summed E-state index contributed by atoms with van der Waals surface area (Å²) in [5.74, 6) is -1.67. The molecular weight excluding hydrogens is 1100 g/mol. The third-order valence-corrected chi connectivity index (χ3v) is 14.7. The van der Waals surface area contributed by atoms with Gasteiger partial charge in [0, 0.05) is 19.3 Å². The molecule has 16 nitrogen and oxygen atoms in total. The molecule has 0 spiro atoms. The molecule has 83 heavy (non-hydrogen) atoms. The molecule has 5 atom stereocenters. The molecule has 4 N–H and O–H groups in total. The van der Waals surface area contributed by atoms with E-state index in [1.807, 2.05) is 18.2 Å². The highest BCUT2D eigenvalue weighted by molar-refractivity contribution is 7.47. The zero-order valence-corrected chi connectivity index (χ0v) is 53.1. The Morgan fingerprint density at radius 1 is 0.349 bits per heavy atom. The molecule has 0 bridgehead atoms. The van der Waals surface area contributed by atoms with Crippen molar-refractivity contribution in [3.63, 3.8) is 0 Å². The van der Waals surface area contributed by atoms with E-state index >= 15 is 0 Å². The van der Waals surface area contributed by atoms with Crippen molar-refractivity contribution in [1.82, 2.24) is 0 Å². The van der Waals surface area contributed by atoms with Crippen molar-refractivity contribution in [3.8, 4) is 0 Å². The second-order valence-electron chi connectivity index (χ2n) is 20.8. The summed E-state index contributed by atoms with van der Waals surface area (Å²) >= 11 is 0. The van der Waals surface area contributed by atoms with E-state index in [2.05, 4.69) is 99.8 Å². The van der Waals surface area contributed by atoms with Gasteiger partial charge in [0.25, 0.3) is 0 Å². The van der Waals surface area contributed by atoms with Gasteiger partial charge in [0.2, 0.25) is 0 Å². The van der Waals surface area contributed by atoms with Gasteiger partial charge in [-0.15, -0.1) is 0 Å². The van der Waals surface area contributed by atoms with Crippen LogP contribution in [0.1, 0.15) is 239 Å². The number of hydrogen-bond donors (Lipinski definition) is 4. The lowest BCUT2D eigenvalue weighted by atomic mass is 10.0. The molecule has 478 valence electrons. The summed E-state index contributed by atoms with van der Waals surface area (Å²) in [4.78, 5) is 58.1. The second kappa shape index (κ2) is 58.8. The molecular formula is C65H112O16P2. The fourth-order valence-corrected chi connectivity index (χ4v) is 9.56. The van der Waals surface area contributed by atoms with E-state index in [0.717, 1.165) is 103 Å². The summed E-state index contributed by atoms with van der Waals surface area (Å²) < 4.78 is 60.6. The monoisotopic (exact) mass is 1210 g/mol. The summed E-state index contributed by atoms with van der Waals surface area (Å²) in [7, 11) is -9.79. The normalized spacial score (nSPS) is 15.0. The summed E-state index contributed by atoms with van der Waals surface area (Å²) in [5.41, 5.74) is 0. The number of carbonyl (C=O) groups is 3. The van der Waals surface area contributed by atoms with E-state index in [9.17, 15) is 43.5 Å². The smallest absolute Gasteiger partial charge is 0.463 e. The molecule has 0 saturated carbocycles. The van der Waals surface area contributed by atoms with Crippen LogP contribution in [0.3, 0.4) is 0 Å². The zero-order chi connectivity index (χ0) is 61.0. The number of carbonyl (C=O) groups excluding carboxylic acids is 3. The quantitative estimate of drug-likeness (QED) is 0.0146. The van der Waals surface area contributed by atoms with Gasteiger partial charge in [0.1, 0.15) is 25.4 Å². The minimum atomic E-state index is -4.92. The Morgan fingerprint density at radius 3 is 1.11 bits per heavy atom. The number of phosphoric acid groups is 2. The van der Waals surface area contributed by atoms with Crippen LogP contribution in [0.15, 0.2) is 97.2 Å². The fourth-order valence-electron chi connectivity index (χ4n) is 7.98. The molecule has 0 aliphatic carbocycles. The van der Waals surface area contributed by atoms with Crippen molar-refractivity contribution in [2.45, 2.75) is 257 Å². The van der Waals surface area contributed by atoms with Gasteiger partial charge in [-0.25, -0.2) is 9.13 Å². The Morgan fingerprint density at radius 2 is 0.663 bits per heavy atom. The number of rotatable bonds is 59. The predicted octanol–water partition coefficient (Wildman–Crippen LogP) is 16.7. The maximum atomic E-state index is 12.9. The van der Waals surface area contributed by atoms with Crippen LogP contribution in [0, 0.1) is 0 Å². The van der Waals surface area contributed by atoms with Gasteiger partial charge >= 0.3 is 33.6 Å². The van der Waals surface area contributed by atoms with E-state index in [1.165, 1.54) is 70.6 Å². The van der Waals surface area contributed by atoms with Crippen LogP contribution in [0.25, 0.3) is 0 Å². The lowest BCUT2D eigenvalue weighted by Gasteiger charge is -2.21. The second-order valence-corrected chi connectivity index (χ2v) is 23.7. The zero-order valence-electron chi connectivity index (χ0n) is 51.3. The molecule has 0 aromatic carbocycles. The van der Waals surface area contributed by atoms with Crippen molar-refractivity contribution >= 4 is 33.6 Å². The van der Waals surface area contributed by atoms with Gasteiger partial charge in [-0.1, -0.05) is 227 Å². The molecule has 0 aromatic rings. The number of unbranched alkanes of at least 4 members (excludes halogenated alkanes) is 20. The number of esters is 3. The van der Waals surface area contributed by atoms with Gasteiger partial charge in [0.05, 0.1) is 26.4 Å². The average molecular weight is 1210 g/mol. The first kappa shape index (κ1) is 79.5. The molecule has 0 rings (SSSR count). The minimum absolute atomic E-state index is 0.0590. The molecule has 0 aliphatic rings. The first-order valence-electron chi connectivity index (χ1n) is 31.5. The highest BCUT2D eigenvalue weighted by Gasteiger charge is 2.29. The molecule has 0 aliphatic heterocycles. The lowest BCUT2D eigenvalue weighted by molar-refractivity contribution is -0.161. The first-order chi connectivity index (χ1) is 40.2. The van der Waals surface area contributed by atoms with E-state index in [1.54, 1.807) is 0 Å². The van der Waals surface area contributed by atoms with E-state index in [-0.39, 0.29) is 19.3 Å². The van der Waals surface area contributed by atoms with Crippen LogP contribution in [-0.4, -0.2) is 95.9 Å². The first-order valence-corrected chi connectivity index (χ1v) is 34.5. The number of ether oxygens (including phenoxy) is 3. The molecule has 0 amide bonds. The van der Waals surface area contributed by atoms with Crippen LogP contribution < -0.4 is 0 Å². The molecule has 0 saturated heterocycles. The SMILES string of the molecule is CC/C=C\C/C=C\C/C=C\C/C=C\C/C=C\C/C=C\CCC(=O)OCC(O)COP(=O)(O)OCC(O)COP(=O)(O)OCC(COC(=O)CCCCCCC/C=C\C/C=C\CCCCC)OC(=O)CCCCCCCCCCCCCCC. The van der Waals surface area contributed by atoms with Crippen LogP contribution in [0.2, 0.25) is 0 Å². The highest BCUT2D eigenvalue weighted by Crippen LogP contribution is 2.45. The molecule has 0 aromatic heterocycles. The van der Waals surface area contributed by atoms with E-state index < -0.39 is 91.5 Å². The fraction of sp³-hybridized carbons (Fsp3) is 0.708. The molecule has 18 heteroatoms. The Labute approximate surface area is 501 Å². The van der Waals surface area contributed by atoms with Crippen molar-refractivity contribution in [2.75, 3.05) is 39.6 Å². The van der Waals surface area contributed by atoms with Crippen molar-refractivity contribution in [3.05, 3.63) is 97.2 Å². The average Bonchev–Trinajstić information content (AvgIpc) is 3.46. The Hall–Kier alpha value is -3.53. The Balaban J connectivity index is 4.72. The summed E-state index contributed by atoms with van der Waals surface area (Å²) in [6.07, 6.45) is 62.0. The number of aliphatic hydroxyl groups is 2. The maximum Gasteiger partial charge on any atom is 0.472 e. The molecule has 5 unspecified atom stereocenters.